The molecule has 0 aliphatic carbocycles. The summed E-state index contributed by atoms with van der Waals surface area (Å²) in [6.07, 6.45) is 0. The Morgan fingerprint density at radius 3 is 2.48 bits per heavy atom. The maximum atomic E-state index is 12.0. The molecule has 0 fully saturated rings. The molecule has 2 amide bonds. The lowest BCUT2D eigenvalue weighted by atomic mass is 9.95. The molecule has 1 aromatic carbocycles. The quantitative estimate of drug-likeness (QED) is 0.656. The molecule has 2 N–H and O–H groups in total. The third kappa shape index (κ3) is 3.11. The third-order valence-electron chi connectivity index (χ3n) is 3.14. The summed E-state index contributed by atoms with van der Waals surface area (Å²) in [6, 6.07) is 6.00. The smallest absolute Gasteiger partial charge is 0.338 e. The first-order chi connectivity index (χ1) is 10.1. The Hall–Kier alpha value is -2.21. The van der Waals surface area contributed by atoms with Gasteiger partial charge in [0.25, 0.3) is 0 Å². The number of benzene rings is 1. The van der Waals surface area contributed by atoms with Crippen molar-refractivity contribution in [1.82, 2.24) is 10.6 Å². The van der Waals surface area contributed by atoms with Crippen LogP contribution in [0.1, 0.15) is 11.6 Å². The molecule has 1 aliphatic rings. The summed E-state index contributed by atoms with van der Waals surface area (Å²) in [5.41, 5.74) is 1.36. The number of methoxy groups -OCH3 is 2. The van der Waals surface area contributed by atoms with Crippen molar-refractivity contribution in [3.8, 4) is 5.75 Å². The number of allylic oxidation sites excluding steroid dienone is 1. The van der Waals surface area contributed by atoms with Gasteiger partial charge >= 0.3 is 12.0 Å². The van der Waals surface area contributed by atoms with E-state index < -0.39 is 18.0 Å². The molecule has 21 heavy (non-hydrogen) atoms. The van der Waals surface area contributed by atoms with E-state index in [-0.39, 0.29) is 11.5 Å². The summed E-state index contributed by atoms with van der Waals surface area (Å²) in [5.74, 6) is 0.143. The van der Waals surface area contributed by atoms with Crippen LogP contribution < -0.4 is 15.4 Å². The van der Waals surface area contributed by atoms with Gasteiger partial charge in [-0.15, -0.1) is 11.6 Å². The molecule has 1 atom stereocenters. The van der Waals surface area contributed by atoms with E-state index in [1.165, 1.54) is 7.11 Å². The van der Waals surface area contributed by atoms with Crippen molar-refractivity contribution in [2.24, 2.45) is 0 Å². The van der Waals surface area contributed by atoms with E-state index in [1.807, 2.05) is 0 Å². The zero-order valence-electron chi connectivity index (χ0n) is 11.6. The molecule has 0 radical (unpaired) electrons. The molecule has 0 unspecified atom stereocenters. The van der Waals surface area contributed by atoms with Crippen LogP contribution >= 0.6 is 11.6 Å². The van der Waals surface area contributed by atoms with Crippen LogP contribution in [0.3, 0.4) is 0 Å². The van der Waals surface area contributed by atoms with Gasteiger partial charge in [0.05, 0.1) is 31.7 Å². The summed E-state index contributed by atoms with van der Waals surface area (Å²) >= 11 is 5.81. The standard InChI is InChI=1S/C14H15ClN2O4/c1-20-9-5-3-8(4-6-9)12-11(13(18)21-2)10(7-15)16-14(19)17-12/h3-6,12H,7H2,1-2H3,(H2,16,17,19)/t12-/m1/s1. The Labute approximate surface area is 127 Å². The Kier molecular flexibility index (Phi) is 4.70. The maximum absolute atomic E-state index is 12.0. The largest absolute Gasteiger partial charge is 0.497 e. The Morgan fingerprint density at radius 2 is 1.95 bits per heavy atom. The highest BCUT2D eigenvalue weighted by atomic mass is 35.5. The lowest BCUT2D eigenvalue weighted by Crippen LogP contribution is -2.46. The fraction of sp³-hybridized carbons (Fsp3) is 0.286. The molecule has 1 aromatic rings. The molecule has 0 bridgehead atoms. The van der Waals surface area contributed by atoms with Gasteiger partial charge in [-0.25, -0.2) is 9.59 Å². The van der Waals surface area contributed by atoms with Crippen LogP contribution in [0, 0.1) is 0 Å². The Morgan fingerprint density at radius 1 is 1.29 bits per heavy atom. The maximum Gasteiger partial charge on any atom is 0.338 e. The predicted octanol–water partition coefficient (Wildman–Crippen LogP) is 1.71. The summed E-state index contributed by atoms with van der Waals surface area (Å²) in [4.78, 5) is 23.7. The number of rotatable bonds is 4. The number of carbonyl (C=O) groups is 2. The highest BCUT2D eigenvalue weighted by Crippen LogP contribution is 2.29. The number of carbonyl (C=O) groups excluding carboxylic acids is 2. The fourth-order valence-corrected chi connectivity index (χ4v) is 2.33. The van der Waals surface area contributed by atoms with E-state index >= 15 is 0 Å². The predicted molar refractivity (Wildman–Crippen MR) is 77.2 cm³/mol. The number of urea groups is 1. The molecular weight excluding hydrogens is 296 g/mol. The summed E-state index contributed by atoms with van der Waals surface area (Å²) < 4.78 is 9.87. The summed E-state index contributed by atoms with van der Waals surface area (Å²) in [7, 11) is 2.84. The van der Waals surface area contributed by atoms with Gasteiger partial charge in [0, 0.05) is 5.70 Å². The van der Waals surface area contributed by atoms with Crippen molar-refractivity contribution in [3.63, 3.8) is 0 Å². The normalized spacial score (nSPS) is 17.9. The van der Waals surface area contributed by atoms with Crippen molar-refractivity contribution < 1.29 is 19.1 Å². The molecule has 1 aliphatic heterocycles. The topological polar surface area (TPSA) is 76.7 Å². The molecule has 0 saturated carbocycles. The second-order valence-corrected chi connectivity index (χ2v) is 4.59. The van der Waals surface area contributed by atoms with E-state index in [4.69, 9.17) is 21.1 Å². The van der Waals surface area contributed by atoms with Gasteiger partial charge < -0.3 is 20.1 Å². The number of esters is 1. The molecule has 1 heterocycles. The molecule has 112 valence electrons. The van der Waals surface area contributed by atoms with Gasteiger partial charge in [0.15, 0.2) is 0 Å². The van der Waals surface area contributed by atoms with Crippen molar-refractivity contribution in [3.05, 3.63) is 41.1 Å². The fourth-order valence-electron chi connectivity index (χ4n) is 2.12. The van der Waals surface area contributed by atoms with Gasteiger partial charge in [-0.05, 0) is 17.7 Å². The number of nitrogens with one attached hydrogen (secondary N) is 2. The minimum absolute atomic E-state index is 0.00447. The molecule has 0 saturated heterocycles. The van der Waals surface area contributed by atoms with E-state index in [9.17, 15) is 9.59 Å². The zero-order valence-corrected chi connectivity index (χ0v) is 12.4. The lowest BCUT2D eigenvalue weighted by Gasteiger charge is -2.28. The second-order valence-electron chi connectivity index (χ2n) is 4.32. The molecule has 6 nitrogen and oxygen atoms in total. The zero-order chi connectivity index (χ0) is 15.4. The van der Waals surface area contributed by atoms with Crippen LogP contribution in [0.25, 0.3) is 0 Å². The highest BCUT2D eigenvalue weighted by molar-refractivity contribution is 6.20. The van der Waals surface area contributed by atoms with Crippen LogP contribution in [-0.2, 0) is 9.53 Å². The molecule has 2 rings (SSSR count). The molecule has 0 aromatic heterocycles. The number of alkyl halides is 1. The van der Waals surface area contributed by atoms with Crippen LogP contribution in [0.5, 0.6) is 5.75 Å². The van der Waals surface area contributed by atoms with E-state index in [0.29, 0.717) is 11.4 Å². The van der Waals surface area contributed by atoms with Crippen LogP contribution in [0.4, 0.5) is 4.79 Å². The Bertz CT molecular complexity index is 583. The monoisotopic (exact) mass is 310 g/mol. The van der Waals surface area contributed by atoms with Crippen molar-refractivity contribution in [1.29, 1.82) is 0 Å². The summed E-state index contributed by atoms with van der Waals surface area (Å²) in [6.45, 7) is 0. The molecular formula is C14H15ClN2O4. The van der Waals surface area contributed by atoms with Crippen molar-refractivity contribution in [2.45, 2.75) is 6.04 Å². The van der Waals surface area contributed by atoms with Crippen LogP contribution in [0.15, 0.2) is 35.5 Å². The summed E-state index contributed by atoms with van der Waals surface area (Å²) in [5, 5.41) is 5.22. The average Bonchev–Trinajstić information content (AvgIpc) is 2.53. The first-order valence-corrected chi connectivity index (χ1v) is 6.73. The minimum Gasteiger partial charge on any atom is -0.497 e. The molecule has 7 heteroatoms. The molecule has 0 spiro atoms. The van der Waals surface area contributed by atoms with E-state index in [1.54, 1.807) is 31.4 Å². The van der Waals surface area contributed by atoms with Crippen molar-refractivity contribution in [2.75, 3.05) is 20.1 Å². The van der Waals surface area contributed by atoms with E-state index in [2.05, 4.69) is 10.6 Å². The van der Waals surface area contributed by atoms with Crippen molar-refractivity contribution >= 4 is 23.6 Å². The number of hydrogen-bond acceptors (Lipinski definition) is 4. The number of halogens is 1. The van der Waals surface area contributed by atoms with Gasteiger partial charge in [-0.1, -0.05) is 12.1 Å². The number of ether oxygens (including phenoxy) is 2. The first-order valence-electron chi connectivity index (χ1n) is 6.19. The SMILES string of the molecule is COC(=O)C1=C(CCl)NC(=O)N[C@@H]1c1ccc(OC)cc1. The van der Waals surface area contributed by atoms with Gasteiger partial charge in [0.1, 0.15) is 5.75 Å². The van der Waals surface area contributed by atoms with Gasteiger partial charge in [-0.3, -0.25) is 0 Å². The number of amides is 2. The Balaban J connectivity index is 2.46. The van der Waals surface area contributed by atoms with Gasteiger partial charge in [-0.2, -0.15) is 0 Å². The highest BCUT2D eigenvalue weighted by Gasteiger charge is 2.32. The van der Waals surface area contributed by atoms with E-state index in [0.717, 1.165) is 5.56 Å². The van der Waals surface area contributed by atoms with Crippen LogP contribution in [0.2, 0.25) is 0 Å². The second kappa shape index (κ2) is 6.49. The third-order valence-corrected chi connectivity index (χ3v) is 3.41. The lowest BCUT2D eigenvalue weighted by molar-refractivity contribution is -0.136. The van der Waals surface area contributed by atoms with Gasteiger partial charge in [0.2, 0.25) is 0 Å². The first kappa shape index (κ1) is 15.2. The van der Waals surface area contributed by atoms with Crippen LogP contribution in [-0.4, -0.2) is 32.1 Å². The minimum atomic E-state index is -0.620. The number of hydrogen-bond donors (Lipinski definition) is 2. The average molecular weight is 311 g/mol.